The number of hydrogen-bond acceptors (Lipinski definition) is 2. The zero-order chi connectivity index (χ0) is 13.9. The van der Waals surface area contributed by atoms with Crippen LogP contribution in [-0.2, 0) is 10.0 Å². The number of halogens is 2. The van der Waals surface area contributed by atoms with E-state index in [0.717, 1.165) is 15.6 Å². The van der Waals surface area contributed by atoms with Crippen molar-refractivity contribution in [1.82, 2.24) is 4.72 Å². The van der Waals surface area contributed by atoms with Gasteiger partial charge in [0.2, 0.25) is 10.0 Å². The van der Waals surface area contributed by atoms with E-state index in [1.54, 1.807) is 12.1 Å². The average molecular weight is 397 g/mol. The van der Waals surface area contributed by atoms with Crippen LogP contribution in [0.25, 0.3) is 0 Å². The zero-order valence-corrected chi connectivity index (χ0v) is 14.4. The van der Waals surface area contributed by atoms with Gasteiger partial charge in [-0.15, -0.1) is 0 Å². The molecule has 1 aromatic carbocycles. The number of nitrogens with one attached hydrogen (secondary N) is 1. The molecule has 0 aliphatic rings. The number of benzene rings is 1. The van der Waals surface area contributed by atoms with Crippen molar-refractivity contribution in [3.8, 4) is 0 Å². The largest absolute Gasteiger partial charge is 0.242 e. The van der Waals surface area contributed by atoms with Crippen molar-refractivity contribution in [2.75, 3.05) is 6.54 Å². The molecular weight excluding hydrogens is 382 g/mol. The molecule has 0 saturated carbocycles. The van der Waals surface area contributed by atoms with Gasteiger partial charge < -0.3 is 0 Å². The molecule has 0 atom stereocenters. The summed E-state index contributed by atoms with van der Waals surface area (Å²) in [6.07, 6.45) is 1.83. The molecule has 0 fully saturated rings. The Bertz CT molecular complexity index is 576. The Morgan fingerprint density at radius 2 is 1.89 bits per heavy atom. The molecule has 1 rings (SSSR count). The molecule has 0 bridgehead atoms. The van der Waals surface area contributed by atoms with Crippen LogP contribution < -0.4 is 4.72 Å². The number of hydrogen-bond donors (Lipinski definition) is 1. The molecule has 1 N–H and O–H groups in total. The molecule has 0 aliphatic heterocycles. The minimum atomic E-state index is -3.50. The second kappa shape index (κ2) is 6.32. The van der Waals surface area contributed by atoms with E-state index in [1.165, 1.54) is 0 Å². The topological polar surface area (TPSA) is 46.2 Å². The van der Waals surface area contributed by atoms with Gasteiger partial charge in [-0.25, -0.2) is 13.1 Å². The molecular formula is C12H15Br2NO2S. The average Bonchev–Trinajstić information content (AvgIpc) is 2.22. The van der Waals surface area contributed by atoms with Crippen LogP contribution in [0.5, 0.6) is 0 Å². The lowest BCUT2D eigenvalue weighted by atomic mass is 10.2. The van der Waals surface area contributed by atoms with Gasteiger partial charge in [0, 0.05) is 15.5 Å². The van der Waals surface area contributed by atoms with Crippen LogP contribution in [0, 0.1) is 6.92 Å². The Hall–Kier alpha value is -0.170. The molecule has 0 amide bonds. The summed E-state index contributed by atoms with van der Waals surface area (Å²) in [6.45, 7) is 6.05. The Labute approximate surface area is 125 Å². The summed E-state index contributed by atoms with van der Waals surface area (Å²) >= 11 is 6.62. The van der Waals surface area contributed by atoms with Gasteiger partial charge in [-0.3, -0.25) is 0 Å². The second-order valence-corrected chi connectivity index (χ2v) is 7.61. The standard InChI is InChI=1S/C12H15Br2NO2S/c1-8(2)4-5-15-18(16,17)12-7-10(13)9(3)6-11(12)14/h4,6-7,15H,5H2,1-3H3. The van der Waals surface area contributed by atoms with Gasteiger partial charge in [-0.1, -0.05) is 27.6 Å². The Balaban J connectivity index is 3.06. The van der Waals surface area contributed by atoms with E-state index in [9.17, 15) is 8.42 Å². The lowest BCUT2D eigenvalue weighted by Gasteiger charge is -2.09. The Kier molecular flexibility index (Phi) is 5.58. The molecule has 3 nitrogen and oxygen atoms in total. The lowest BCUT2D eigenvalue weighted by molar-refractivity contribution is 0.585. The van der Waals surface area contributed by atoms with E-state index in [0.29, 0.717) is 11.0 Å². The second-order valence-electron chi connectivity index (χ2n) is 4.17. The first-order valence-electron chi connectivity index (χ1n) is 5.32. The first-order valence-corrected chi connectivity index (χ1v) is 8.39. The molecule has 0 unspecified atom stereocenters. The predicted molar refractivity (Wildman–Crippen MR) is 81.2 cm³/mol. The molecule has 1 aromatic rings. The summed E-state index contributed by atoms with van der Waals surface area (Å²) < 4.78 is 28.1. The number of allylic oxidation sites excluding steroid dienone is 1. The van der Waals surface area contributed by atoms with E-state index in [-0.39, 0.29) is 4.90 Å². The third-order valence-corrected chi connectivity index (χ3v) is 5.52. The quantitative estimate of drug-likeness (QED) is 0.787. The van der Waals surface area contributed by atoms with Crippen LogP contribution in [0.1, 0.15) is 19.4 Å². The van der Waals surface area contributed by atoms with Crippen LogP contribution in [0.2, 0.25) is 0 Å². The van der Waals surface area contributed by atoms with Gasteiger partial charge in [-0.05, 0) is 54.4 Å². The third kappa shape index (κ3) is 4.19. The summed E-state index contributed by atoms with van der Waals surface area (Å²) in [6, 6.07) is 3.38. The van der Waals surface area contributed by atoms with Gasteiger partial charge in [0.05, 0.1) is 4.90 Å². The van der Waals surface area contributed by atoms with Crippen molar-refractivity contribution < 1.29 is 8.42 Å². The highest BCUT2D eigenvalue weighted by Gasteiger charge is 2.18. The molecule has 0 aromatic heterocycles. The van der Waals surface area contributed by atoms with Crippen molar-refractivity contribution in [3.05, 3.63) is 38.3 Å². The fraction of sp³-hybridized carbons (Fsp3) is 0.333. The highest BCUT2D eigenvalue weighted by Crippen LogP contribution is 2.28. The third-order valence-electron chi connectivity index (χ3n) is 2.29. The van der Waals surface area contributed by atoms with Crippen LogP contribution in [0.15, 0.2) is 37.6 Å². The van der Waals surface area contributed by atoms with Crippen molar-refractivity contribution in [2.24, 2.45) is 0 Å². The van der Waals surface area contributed by atoms with E-state index < -0.39 is 10.0 Å². The maximum atomic E-state index is 12.1. The fourth-order valence-corrected chi connectivity index (χ4v) is 3.91. The smallest absolute Gasteiger partial charge is 0.207 e. The number of sulfonamides is 1. The molecule has 100 valence electrons. The van der Waals surface area contributed by atoms with Gasteiger partial charge in [0.25, 0.3) is 0 Å². The van der Waals surface area contributed by atoms with Gasteiger partial charge in [0.1, 0.15) is 0 Å². The van der Waals surface area contributed by atoms with E-state index in [1.807, 2.05) is 26.8 Å². The number of rotatable bonds is 4. The molecule has 0 saturated heterocycles. The first-order chi connectivity index (χ1) is 8.24. The highest BCUT2D eigenvalue weighted by molar-refractivity contribution is 9.11. The number of aryl methyl sites for hydroxylation is 1. The molecule has 0 radical (unpaired) electrons. The SMILES string of the molecule is CC(C)=CCNS(=O)(=O)c1cc(Br)c(C)cc1Br. The molecule has 0 heterocycles. The Morgan fingerprint density at radius 3 is 2.44 bits per heavy atom. The van der Waals surface area contributed by atoms with Crippen LogP contribution in [0.4, 0.5) is 0 Å². The van der Waals surface area contributed by atoms with Crippen LogP contribution in [0.3, 0.4) is 0 Å². The summed E-state index contributed by atoms with van der Waals surface area (Å²) in [4.78, 5) is 0.238. The monoisotopic (exact) mass is 395 g/mol. The minimum absolute atomic E-state index is 0.238. The van der Waals surface area contributed by atoms with Crippen LogP contribution in [-0.4, -0.2) is 15.0 Å². The lowest BCUT2D eigenvalue weighted by Crippen LogP contribution is -2.24. The maximum Gasteiger partial charge on any atom is 0.242 e. The van der Waals surface area contributed by atoms with Crippen molar-refractivity contribution in [1.29, 1.82) is 0 Å². The van der Waals surface area contributed by atoms with E-state index >= 15 is 0 Å². The van der Waals surface area contributed by atoms with Crippen molar-refractivity contribution in [3.63, 3.8) is 0 Å². The van der Waals surface area contributed by atoms with E-state index in [2.05, 4.69) is 36.6 Å². The fourth-order valence-electron chi connectivity index (χ4n) is 1.27. The maximum absolute atomic E-state index is 12.1. The molecule has 0 spiro atoms. The molecule has 6 heteroatoms. The molecule has 18 heavy (non-hydrogen) atoms. The summed E-state index contributed by atoms with van der Waals surface area (Å²) in [5.74, 6) is 0. The zero-order valence-electron chi connectivity index (χ0n) is 10.4. The Morgan fingerprint density at radius 1 is 1.28 bits per heavy atom. The predicted octanol–water partition coefficient (Wildman–Crippen LogP) is 3.76. The van der Waals surface area contributed by atoms with Gasteiger partial charge >= 0.3 is 0 Å². The molecule has 0 aliphatic carbocycles. The van der Waals surface area contributed by atoms with E-state index in [4.69, 9.17) is 0 Å². The normalized spacial score (nSPS) is 11.4. The summed E-state index contributed by atoms with van der Waals surface area (Å²) in [5.41, 5.74) is 2.05. The first kappa shape index (κ1) is 15.9. The van der Waals surface area contributed by atoms with Crippen molar-refractivity contribution in [2.45, 2.75) is 25.7 Å². The highest BCUT2D eigenvalue weighted by atomic mass is 79.9. The van der Waals surface area contributed by atoms with Crippen molar-refractivity contribution >= 4 is 41.9 Å². The van der Waals surface area contributed by atoms with Crippen LogP contribution >= 0.6 is 31.9 Å². The minimum Gasteiger partial charge on any atom is -0.207 e. The van der Waals surface area contributed by atoms with Gasteiger partial charge in [-0.2, -0.15) is 0 Å². The summed E-state index contributed by atoms with van der Waals surface area (Å²) in [7, 11) is -3.50. The summed E-state index contributed by atoms with van der Waals surface area (Å²) in [5, 5.41) is 0. The van der Waals surface area contributed by atoms with Gasteiger partial charge in [0.15, 0.2) is 0 Å².